The standard InChI is InChI=1S/C13H10BrFOS/c14-10-2-1-3-12(7-10)17-13-5-4-11(15)6-9(13)8-16/h1-7,16H,8H2. The molecule has 0 atom stereocenters. The second kappa shape index (κ2) is 5.67. The molecule has 1 N–H and O–H groups in total. The van der Waals surface area contributed by atoms with Gasteiger partial charge in [-0.3, -0.25) is 0 Å². The first-order chi connectivity index (χ1) is 8.19. The zero-order chi connectivity index (χ0) is 12.3. The molecule has 0 saturated heterocycles. The fourth-order valence-corrected chi connectivity index (χ4v) is 2.96. The van der Waals surface area contributed by atoms with Crippen molar-refractivity contribution in [2.75, 3.05) is 0 Å². The molecule has 17 heavy (non-hydrogen) atoms. The van der Waals surface area contributed by atoms with Crippen LogP contribution < -0.4 is 0 Å². The van der Waals surface area contributed by atoms with Gasteiger partial charge in [-0.25, -0.2) is 4.39 Å². The Hall–Kier alpha value is -0.840. The number of hydrogen-bond acceptors (Lipinski definition) is 2. The number of aliphatic hydroxyl groups is 1. The molecule has 0 saturated carbocycles. The molecule has 0 aliphatic heterocycles. The van der Waals surface area contributed by atoms with Crippen molar-refractivity contribution in [2.24, 2.45) is 0 Å². The van der Waals surface area contributed by atoms with E-state index in [0.29, 0.717) is 5.56 Å². The second-order valence-electron chi connectivity index (χ2n) is 3.47. The fraction of sp³-hybridized carbons (Fsp3) is 0.0769. The van der Waals surface area contributed by atoms with Crippen molar-refractivity contribution in [3.63, 3.8) is 0 Å². The first kappa shape index (κ1) is 12.6. The van der Waals surface area contributed by atoms with Gasteiger partial charge in [0.05, 0.1) is 6.61 Å². The van der Waals surface area contributed by atoms with Gasteiger partial charge in [-0.05, 0) is 42.0 Å². The van der Waals surface area contributed by atoms with Crippen molar-refractivity contribution in [1.29, 1.82) is 0 Å². The Morgan fingerprint density at radius 1 is 1.18 bits per heavy atom. The number of benzene rings is 2. The molecule has 2 aromatic rings. The number of hydrogen-bond donors (Lipinski definition) is 1. The van der Waals surface area contributed by atoms with Gasteiger partial charge < -0.3 is 5.11 Å². The molecule has 2 aromatic carbocycles. The summed E-state index contributed by atoms with van der Waals surface area (Å²) >= 11 is 4.90. The highest BCUT2D eigenvalue weighted by Gasteiger charge is 2.05. The molecule has 0 aliphatic rings. The summed E-state index contributed by atoms with van der Waals surface area (Å²) in [6, 6.07) is 12.3. The summed E-state index contributed by atoms with van der Waals surface area (Å²) in [5.41, 5.74) is 0.606. The summed E-state index contributed by atoms with van der Waals surface area (Å²) in [5.74, 6) is -0.326. The highest BCUT2D eigenvalue weighted by Crippen LogP contribution is 2.32. The van der Waals surface area contributed by atoms with E-state index in [-0.39, 0.29) is 12.4 Å². The fourth-order valence-electron chi connectivity index (χ4n) is 1.43. The lowest BCUT2D eigenvalue weighted by Crippen LogP contribution is -1.89. The van der Waals surface area contributed by atoms with Crippen LogP contribution in [0, 0.1) is 5.82 Å². The van der Waals surface area contributed by atoms with Crippen LogP contribution in [0.3, 0.4) is 0 Å². The molecular formula is C13H10BrFOS. The average molecular weight is 313 g/mol. The third-order valence-corrected chi connectivity index (χ3v) is 3.82. The van der Waals surface area contributed by atoms with E-state index in [4.69, 9.17) is 0 Å². The van der Waals surface area contributed by atoms with Gasteiger partial charge in [0, 0.05) is 14.3 Å². The topological polar surface area (TPSA) is 20.2 Å². The van der Waals surface area contributed by atoms with E-state index in [2.05, 4.69) is 15.9 Å². The second-order valence-corrected chi connectivity index (χ2v) is 5.50. The van der Waals surface area contributed by atoms with Crippen LogP contribution in [0.1, 0.15) is 5.56 Å². The maximum absolute atomic E-state index is 13.0. The maximum atomic E-state index is 13.0. The maximum Gasteiger partial charge on any atom is 0.123 e. The van der Waals surface area contributed by atoms with Crippen molar-refractivity contribution in [1.82, 2.24) is 0 Å². The van der Waals surface area contributed by atoms with E-state index in [9.17, 15) is 9.50 Å². The zero-order valence-corrected chi connectivity index (χ0v) is 11.3. The monoisotopic (exact) mass is 312 g/mol. The molecule has 0 unspecified atom stereocenters. The molecule has 4 heteroatoms. The van der Waals surface area contributed by atoms with E-state index in [1.807, 2.05) is 24.3 Å². The minimum absolute atomic E-state index is 0.159. The van der Waals surface area contributed by atoms with Crippen LogP contribution in [-0.4, -0.2) is 5.11 Å². The van der Waals surface area contributed by atoms with Crippen molar-refractivity contribution in [3.8, 4) is 0 Å². The van der Waals surface area contributed by atoms with Crippen LogP contribution in [0.4, 0.5) is 4.39 Å². The highest BCUT2D eigenvalue weighted by molar-refractivity contribution is 9.10. The van der Waals surface area contributed by atoms with Gasteiger partial charge in [-0.2, -0.15) is 0 Å². The lowest BCUT2D eigenvalue weighted by Gasteiger charge is -2.07. The van der Waals surface area contributed by atoms with Crippen LogP contribution >= 0.6 is 27.7 Å². The summed E-state index contributed by atoms with van der Waals surface area (Å²) < 4.78 is 14.0. The number of rotatable bonds is 3. The number of halogens is 2. The van der Waals surface area contributed by atoms with E-state index in [1.54, 1.807) is 6.07 Å². The minimum Gasteiger partial charge on any atom is -0.392 e. The van der Waals surface area contributed by atoms with Gasteiger partial charge in [-0.1, -0.05) is 33.8 Å². The Morgan fingerprint density at radius 3 is 2.71 bits per heavy atom. The summed E-state index contributed by atoms with van der Waals surface area (Å²) in [4.78, 5) is 1.91. The van der Waals surface area contributed by atoms with E-state index < -0.39 is 0 Å². The summed E-state index contributed by atoms with van der Waals surface area (Å²) in [7, 11) is 0. The molecule has 0 heterocycles. The molecule has 0 bridgehead atoms. The Balaban J connectivity index is 2.29. The first-order valence-electron chi connectivity index (χ1n) is 5.02. The molecule has 88 valence electrons. The largest absolute Gasteiger partial charge is 0.392 e. The van der Waals surface area contributed by atoms with Gasteiger partial charge in [0.15, 0.2) is 0 Å². The van der Waals surface area contributed by atoms with E-state index >= 15 is 0 Å². The van der Waals surface area contributed by atoms with Crippen LogP contribution in [0.5, 0.6) is 0 Å². The van der Waals surface area contributed by atoms with Crippen LogP contribution in [0.25, 0.3) is 0 Å². The SMILES string of the molecule is OCc1cc(F)ccc1Sc1cccc(Br)c1. The van der Waals surface area contributed by atoms with Gasteiger partial charge in [0.1, 0.15) is 5.82 Å². The van der Waals surface area contributed by atoms with Gasteiger partial charge >= 0.3 is 0 Å². The van der Waals surface area contributed by atoms with Crippen LogP contribution in [-0.2, 0) is 6.61 Å². The number of aliphatic hydroxyl groups excluding tert-OH is 1. The molecule has 0 aliphatic carbocycles. The van der Waals surface area contributed by atoms with E-state index in [1.165, 1.54) is 23.9 Å². The Kier molecular flexibility index (Phi) is 4.20. The van der Waals surface area contributed by atoms with Gasteiger partial charge in [-0.15, -0.1) is 0 Å². The molecule has 1 nitrogen and oxygen atoms in total. The average Bonchev–Trinajstić information content (AvgIpc) is 2.31. The first-order valence-corrected chi connectivity index (χ1v) is 6.62. The molecule has 0 spiro atoms. The van der Waals surface area contributed by atoms with Crippen molar-refractivity contribution >= 4 is 27.7 Å². The highest BCUT2D eigenvalue weighted by atomic mass is 79.9. The predicted molar refractivity (Wildman–Crippen MR) is 70.6 cm³/mol. The van der Waals surface area contributed by atoms with Crippen molar-refractivity contribution in [3.05, 3.63) is 58.3 Å². The van der Waals surface area contributed by atoms with Gasteiger partial charge in [0.25, 0.3) is 0 Å². The van der Waals surface area contributed by atoms with Crippen molar-refractivity contribution < 1.29 is 9.50 Å². The predicted octanol–water partition coefficient (Wildman–Crippen LogP) is 4.23. The normalized spacial score (nSPS) is 10.5. The smallest absolute Gasteiger partial charge is 0.123 e. The molecule has 2 rings (SSSR count). The quantitative estimate of drug-likeness (QED) is 0.915. The Morgan fingerprint density at radius 2 is 2.00 bits per heavy atom. The zero-order valence-electron chi connectivity index (χ0n) is 8.86. The molecule has 0 amide bonds. The summed E-state index contributed by atoms with van der Waals surface area (Å²) in [6.45, 7) is -0.159. The van der Waals surface area contributed by atoms with Crippen molar-refractivity contribution in [2.45, 2.75) is 16.4 Å². The third-order valence-electron chi connectivity index (χ3n) is 2.22. The lowest BCUT2D eigenvalue weighted by molar-refractivity contribution is 0.278. The Labute approximate surface area is 112 Å². The third kappa shape index (κ3) is 3.31. The summed E-state index contributed by atoms with van der Waals surface area (Å²) in [5, 5.41) is 9.19. The minimum atomic E-state index is -0.326. The Bertz CT molecular complexity index is 531. The lowest BCUT2D eigenvalue weighted by atomic mass is 10.2. The van der Waals surface area contributed by atoms with Gasteiger partial charge in [0.2, 0.25) is 0 Å². The molecule has 0 radical (unpaired) electrons. The molecule has 0 aromatic heterocycles. The van der Waals surface area contributed by atoms with E-state index in [0.717, 1.165) is 14.3 Å². The molecule has 0 fully saturated rings. The van der Waals surface area contributed by atoms with Crippen LogP contribution in [0.15, 0.2) is 56.7 Å². The summed E-state index contributed by atoms with van der Waals surface area (Å²) in [6.07, 6.45) is 0. The molecular weight excluding hydrogens is 303 g/mol. The van der Waals surface area contributed by atoms with Crippen LogP contribution in [0.2, 0.25) is 0 Å².